The summed E-state index contributed by atoms with van der Waals surface area (Å²) in [7, 11) is 0. The molecule has 0 rings (SSSR count). The zero-order valence-corrected chi connectivity index (χ0v) is 4.14. The van der Waals surface area contributed by atoms with Crippen molar-refractivity contribution in [2.24, 2.45) is 0 Å². The minimum absolute atomic E-state index is 0. The molecule has 1 unspecified atom stereocenters. The first-order valence-corrected chi connectivity index (χ1v) is 2.07. The summed E-state index contributed by atoms with van der Waals surface area (Å²) >= 11 is 0. The van der Waals surface area contributed by atoms with Gasteiger partial charge in [-0.05, 0) is 13.8 Å². The van der Waals surface area contributed by atoms with Crippen LogP contribution in [-0.4, -0.2) is 47.6 Å². The molecule has 0 bridgehead atoms. The van der Waals surface area contributed by atoms with Crippen molar-refractivity contribution in [3.63, 3.8) is 0 Å². The molecule has 0 aromatic heterocycles. The molecule has 0 aliphatic rings. The summed E-state index contributed by atoms with van der Waals surface area (Å²) in [6.45, 7) is 4.01. The summed E-state index contributed by atoms with van der Waals surface area (Å²) < 4.78 is 4.60. The average Bonchev–Trinajstić information content (AvgIpc) is 1.35. The topological polar surface area (TPSA) is 29.5 Å². The molecule has 0 saturated carbocycles. The molecule has 2 nitrogen and oxygen atoms in total. The van der Waals surface area contributed by atoms with Gasteiger partial charge in [-0.1, -0.05) is 0 Å². The third kappa shape index (κ3) is 10.9. The Morgan fingerprint density at radius 3 is 2.14 bits per heavy atom. The van der Waals surface area contributed by atoms with Crippen LogP contribution in [0.25, 0.3) is 0 Å². The molecule has 0 aromatic rings. The Morgan fingerprint density at radius 2 is 2.14 bits per heavy atom. The quantitative estimate of drug-likeness (QED) is 0.395. The summed E-state index contributed by atoms with van der Waals surface area (Å²) in [6.07, 6.45) is -0.602. The maximum absolute atomic E-state index is 8.33. The fourth-order valence-corrected chi connectivity index (χ4v) is 0.241. The van der Waals surface area contributed by atoms with Crippen LogP contribution in [0.15, 0.2) is 0 Å². The van der Waals surface area contributed by atoms with Crippen molar-refractivity contribution in [1.29, 1.82) is 0 Å². The van der Waals surface area contributed by atoms with E-state index < -0.39 is 6.29 Å². The van der Waals surface area contributed by atoms with Crippen molar-refractivity contribution in [2.45, 2.75) is 20.1 Å². The first-order chi connectivity index (χ1) is 2.77. The zero-order valence-electron chi connectivity index (χ0n) is 4.14. The van der Waals surface area contributed by atoms with E-state index in [4.69, 9.17) is 5.11 Å². The SMILES string of the molecule is CCOC(C)O.[NaH]. The van der Waals surface area contributed by atoms with E-state index in [-0.39, 0.29) is 29.6 Å². The predicted molar refractivity (Wildman–Crippen MR) is 30.5 cm³/mol. The first kappa shape index (κ1) is 10.8. The molecule has 0 amide bonds. The average molecular weight is 114 g/mol. The molecule has 0 aliphatic heterocycles. The van der Waals surface area contributed by atoms with Crippen LogP contribution in [-0.2, 0) is 4.74 Å². The van der Waals surface area contributed by atoms with E-state index in [2.05, 4.69) is 4.74 Å². The molecule has 3 heteroatoms. The van der Waals surface area contributed by atoms with E-state index in [0.29, 0.717) is 6.61 Å². The van der Waals surface area contributed by atoms with Crippen LogP contribution in [0, 0.1) is 0 Å². The van der Waals surface area contributed by atoms with Gasteiger partial charge in [0.25, 0.3) is 0 Å². The Kier molecular flexibility index (Phi) is 10.7. The third-order valence-electron chi connectivity index (χ3n) is 0.408. The van der Waals surface area contributed by atoms with Gasteiger partial charge in [-0.15, -0.1) is 0 Å². The van der Waals surface area contributed by atoms with E-state index in [1.54, 1.807) is 6.92 Å². The van der Waals surface area contributed by atoms with Crippen LogP contribution in [0.2, 0.25) is 0 Å². The minimum atomic E-state index is -0.602. The Morgan fingerprint density at radius 1 is 1.71 bits per heavy atom. The van der Waals surface area contributed by atoms with Crippen molar-refractivity contribution in [2.75, 3.05) is 6.61 Å². The van der Waals surface area contributed by atoms with Gasteiger partial charge in [0, 0.05) is 6.61 Å². The number of hydrogen-bond acceptors (Lipinski definition) is 2. The Hall–Kier alpha value is 0.920. The van der Waals surface area contributed by atoms with Crippen molar-refractivity contribution in [1.82, 2.24) is 0 Å². The monoisotopic (exact) mass is 114 g/mol. The molecule has 0 fully saturated rings. The number of aliphatic hydroxyl groups is 1. The predicted octanol–water partition coefficient (Wildman–Crippen LogP) is -0.287. The summed E-state index contributed by atoms with van der Waals surface area (Å²) in [5, 5.41) is 8.33. The number of hydrogen-bond donors (Lipinski definition) is 1. The summed E-state index contributed by atoms with van der Waals surface area (Å²) in [6, 6.07) is 0. The molecule has 0 aromatic carbocycles. The molecule has 0 saturated heterocycles. The third-order valence-corrected chi connectivity index (χ3v) is 0.408. The van der Waals surface area contributed by atoms with Crippen molar-refractivity contribution in [3.05, 3.63) is 0 Å². The Balaban J connectivity index is 0. The van der Waals surface area contributed by atoms with E-state index >= 15 is 0 Å². The molecule has 1 atom stereocenters. The maximum atomic E-state index is 8.33. The van der Waals surface area contributed by atoms with Gasteiger partial charge < -0.3 is 9.84 Å². The van der Waals surface area contributed by atoms with Crippen LogP contribution in [0.1, 0.15) is 13.8 Å². The number of ether oxygens (including phenoxy) is 1. The van der Waals surface area contributed by atoms with Crippen LogP contribution in [0.4, 0.5) is 0 Å². The second-order valence-corrected chi connectivity index (χ2v) is 1.05. The normalized spacial score (nSPS) is 12.4. The van der Waals surface area contributed by atoms with Gasteiger partial charge in [-0.3, -0.25) is 0 Å². The summed E-state index contributed by atoms with van der Waals surface area (Å²) in [5.41, 5.74) is 0. The molecule has 0 heterocycles. The van der Waals surface area contributed by atoms with E-state index in [1.807, 2.05) is 6.92 Å². The zero-order chi connectivity index (χ0) is 4.99. The van der Waals surface area contributed by atoms with E-state index in [0.717, 1.165) is 0 Å². The molecule has 0 radical (unpaired) electrons. The molecule has 0 spiro atoms. The summed E-state index contributed by atoms with van der Waals surface area (Å²) in [4.78, 5) is 0. The molecular weight excluding hydrogens is 103 g/mol. The fourth-order valence-electron chi connectivity index (χ4n) is 0.241. The van der Waals surface area contributed by atoms with E-state index in [1.165, 1.54) is 0 Å². The van der Waals surface area contributed by atoms with Gasteiger partial charge in [0.05, 0.1) is 0 Å². The molecule has 0 aliphatic carbocycles. The van der Waals surface area contributed by atoms with Crippen molar-refractivity contribution >= 4 is 29.6 Å². The summed E-state index contributed by atoms with van der Waals surface area (Å²) in [5.74, 6) is 0. The first-order valence-electron chi connectivity index (χ1n) is 2.07. The van der Waals surface area contributed by atoms with Crippen LogP contribution >= 0.6 is 0 Å². The second-order valence-electron chi connectivity index (χ2n) is 1.05. The molecule has 40 valence electrons. The van der Waals surface area contributed by atoms with Crippen LogP contribution < -0.4 is 0 Å². The van der Waals surface area contributed by atoms with Gasteiger partial charge in [-0.2, -0.15) is 0 Å². The molecule has 1 N–H and O–H groups in total. The molecule has 7 heavy (non-hydrogen) atoms. The fraction of sp³-hybridized carbons (Fsp3) is 1.00. The van der Waals surface area contributed by atoms with Crippen molar-refractivity contribution in [3.8, 4) is 0 Å². The standard InChI is InChI=1S/C4H10O2.Na.H/c1-3-6-4(2)5;;/h4-5H,3H2,1-2H3;;. The Labute approximate surface area is 66.2 Å². The van der Waals surface area contributed by atoms with Crippen LogP contribution in [0.3, 0.4) is 0 Å². The molecular formula is C4H11NaO2. The van der Waals surface area contributed by atoms with Crippen molar-refractivity contribution < 1.29 is 9.84 Å². The van der Waals surface area contributed by atoms with Gasteiger partial charge >= 0.3 is 29.6 Å². The van der Waals surface area contributed by atoms with Gasteiger partial charge in [0.1, 0.15) is 0 Å². The van der Waals surface area contributed by atoms with Crippen LogP contribution in [0.5, 0.6) is 0 Å². The Bertz CT molecular complexity index is 30.9. The van der Waals surface area contributed by atoms with Gasteiger partial charge in [0.2, 0.25) is 0 Å². The van der Waals surface area contributed by atoms with E-state index in [9.17, 15) is 0 Å². The second kappa shape index (κ2) is 6.92. The van der Waals surface area contributed by atoms with Gasteiger partial charge in [0.15, 0.2) is 6.29 Å². The number of rotatable bonds is 2. The van der Waals surface area contributed by atoms with Gasteiger partial charge in [-0.25, -0.2) is 0 Å². The number of aliphatic hydroxyl groups excluding tert-OH is 1.